The predicted octanol–water partition coefficient (Wildman–Crippen LogP) is 5.12. The van der Waals surface area contributed by atoms with Crippen LogP contribution in [-0.2, 0) is 6.18 Å². The number of hydrogen-bond acceptors (Lipinski definition) is 3. The van der Waals surface area contributed by atoms with Gasteiger partial charge in [-0.1, -0.05) is 41.9 Å². The monoisotopic (exact) mass is 367 g/mol. The van der Waals surface area contributed by atoms with Gasteiger partial charge >= 0.3 is 6.18 Å². The zero-order valence-electron chi connectivity index (χ0n) is 12.4. The number of halogens is 4. The first-order valence-corrected chi connectivity index (χ1v) is 7.30. The highest BCUT2D eigenvalue weighted by Gasteiger charge is 2.32. The van der Waals surface area contributed by atoms with Gasteiger partial charge in [-0.2, -0.15) is 13.2 Å². The van der Waals surface area contributed by atoms with Crippen LogP contribution in [0.15, 0.2) is 55.0 Å². The van der Waals surface area contributed by atoms with Gasteiger partial charge in [0.1, 0.15) is 0 Å². The van der Waals surface area contributed by atoms with Gasteiger partial charge in [-0.15, -0.1) is 0 Å². The third-order valence-electron chi connectivity index (χ3n) is 3.48. The van der Waals surface area contributed by atoms with Crippen LogP contribution in [0.4, 0.5) is 18.9 Å². The molecule has 9 heteroatoms. The Labute approximate surface area is 144 Å². The second-order valence-electron chi connectivity index (χ2n) is 5.11. The van der Waals surface area contributed by atoms with Gasteiger partial charge in [-0.05, 0) is 11.6 Å². The van der Waals surface area contributed by atoms with Crippen LogP contribution < -0.4 is 0 Å². The number of nitrogens with zero attached hydrogens (tertiary/aromatic N) is 3. The van der Waals surface area contributed by atoms with Crippen LogP contribution in [0.25, 0.3) is 16.9 Å². The van der Waals surface area contributed by atoms with E-state index in [0.29, 0.717) is 17.3 Å². The molecule has 0 aliphatic rings. The summed E-state index contributed by atoms with van der Waals surface area (Å²) >= 11 is 5.90. The minimum atomic E-state index is -4.58. The van der Waals surface area contributed by atoms with Gasteiger partial charge < -0.3 is 0 Å². The molecule has 0 aliphatic carbocycles. The normalized spacial score (nSPS) is 11.5. The first-order valence-electron chi connectivity index (χ1n) is 6.92. The van der Waals surface area contributed by atoms with Crippen LogP contribution in [0.2, 0.25) is 5.02 Å². The third-order valence-corrected chi connectivity index (χ3v) is 3.76. The van der Waals surface area contributed by atoms with Crippen LogP contribution in [0.5, 0.6) is 0 Å². The second-order valence-corrected chi connectivity index (χ2v) is 5.52. The highest BCUT2D eigenvalue weighted by Crippen LogP contribution is 2.35. The Morgan fingerprint density at radius 3 is 2.40 bits per heavy atom. The average molecular weight is 368 g/mol. The number of rotatable bonds is 3. The molecule has 5 nitrogen and oxygen atoms in total. The Hall–Kier alpha value is -2.87. The molecule has 2 heterocycles. The lowest BCUT2D eigenvalue weighted by Crippen LogP contribution is -2.07. The molecule has 0 unspecified atom stereocenters. The molecule has 0 amide bonds. The minimum absolute atomic E-state index is 0.0278. The van der Waals surface area contributed by atoms with Gasteiger partial charge in [-0.3, -0.25) is 14.7 Å². The maximum absolute atomic E-state index is 12.7. The molecule has 0 atom stereocenters. The summed E-state index contributed by atoms with van der Waals surface area (Å²) in [4.78, 5) is 14.4. The molecule has 128 valence electrons. The van der Waals surface area contributed by atoms with Crippen molar-refractivity contribution in [3.05, 3.63) is 75.7 Å². The topological polar surface area (TPSA) is 61.0 Å². The van der Waals surface area contributed by atoms with E-state index in [1.807, 2.05) is 0 Å². The van der Waals surface area contributed by atoms with E-state index in [1.165, 1.54) is 17.0 Å². The number of hydrogen-bond donors (Lipinski definition) is 0. The standard InChI is InChI=1S/C16H9ClF3N3O2/c17-13-6-11(16(18,19)20)7-21-15(13)22-8-12(14(9-22)23(24)25)10-4-2-1-3-5-10/h1-9H. The summed E-state index contributed by atoms with van der Waals surface area (Å²) in [6.07, 6.45) is -1.36. The smallest absolute Gasteiger partial charge is 0.300 e. The highest BCUT2D eigenvalue weighted by atomic mass is 35.5. The number of alkyl halides is 3. The first kappa shape index (κ1) is 17.0. The highest BCUT2D eigenvalue weighted by molar-refractivity contribution is 6.32. The molecular formula is C16H9ClF3N3O2. The molecule has 25 heavy (non-hydrogen) atoms. The first-order chi connectivity index (χ1) is 11.8. The zero-order valence-corrected chi connectivity index (χ0v) is 13.1. The van der Waals surface area contributed by atoms with Crippen molar-refractivity contribution in [3.8, 4) is 16.9 Å². The maximum Gasteiger partial charge on any atom is 0.417 e. The largest absolute Gasteiger partial charge is 0.417 e. The lowest BCUT2D eigenvalue weighted by molar-refractivity contribution is -0.384. The van der Waals surface area contributed by atoms with Gasteiger partial charge in [-0.25, -0.2) is 4.98 Å². The lowest BCUT2D eigenvalue weighted by atomic mass is 10.1. The predicted molar refractivity (Wildman–Crippen MR) is 85.7 cm³/mol. The molecule has 0 N–H and O–H groups in total. The molecule has 0 radical (unpaired) electrons. The Balaban J connectivity index is 2.12. The van der Waals surface area contributed by atoms with E-state index in [2.05, 4.69) is 4.98 Å². The molecular weight excluding hydrogens is 359 g/mol. The van der Waals surface area contributed by atoms with Gasteiger partial charge in [0.2, 0.25) is 0 Å². The molecule has 0 fully saturated rings. The Morgan fingerprint density at radius 1 is 1.16 bits per heavy atom. The third kappa shape index (κ3) is 3.34. The number of nitro groups is 1. The summed E-state index contributed by atoms with van der Waals surface area (Å²) in [5.74, 6) is -0.0278. The van der Waals surface area contributed by atoms with Crippen molar-refractivity contribution in [2.24, 2.45) is 0 Å². The van der Waals surface area contributed by atoms with E-state index in [9.17, 15) is 23.3 Å². The van der Waals surface area contributed by atoms with E-state index in [0.717, 1.165) is 6.07 Å². The van der Waals surface area contributed by atoms with Gasteiger partial charge in [0.15, 0.2) is 5.82 Å². The van der Waals surface area contributed by atoms with E-state index in [4.69, 9.17) is 11.6 Å². The summed E-state index contributed by atoms with van der Waals surface area (Å²) in [6, 6.07) is 9.32. The summed E-state index contributed by atoms with van der Waals surface area (Å²) in [5.41, 5.74) is -0.297. The Kier molecular flexibility index (Phi) is 4.22. The van der Waals surface area contributed by atoms with E-state index < -0.39 is 16.7 Å². The van der Waals surface area contributed by atoms with E-state index in [1.54, 1.807) is 30.3 Å². The van der Waals surface area contributed by atoms with Crippen molar-refractivity contribution in [3.63, 3.8) is 0 Å². The van der Waals surface area contributed by atoms with Crippen LogP contribution in [0.3, 0.4) is 0 Å². The van der Waals surface area contributed by atoms with Crippen molar-refractivity contribution in [2.45, 2.75) is 6.18 Å². The van der Waals surface area contributed by atoms with Crippen molar-refractivity contribution >= 4 is 17.3 Å². The fourth-order valence-corrected chi connectivity index (χ4v) is 2.59. The molecule has 0 saturated carbocycles. The molecule has 3 aromatic rings. The van der Waals surface area contributed by atoms with Crippen molar-refractivity contribution in [2.75, 3.05) is 0 Å². The molecule has 2 aromatic heterocycles. The summed E-state index contributed by atoms with van der Waals surface area (Å²) in [5, 5.41) is 11.0. The summed E-state index contributed by atoms with van der Waals surface area (Å²) < 4.78 is 39.3. The fourth-order valence-electron chi connectivity index (χ4n) is 2.33. The average Bonchev–Trinajstić information content (AvgIpc) is 3.00. The van der Waals surface area contributed by atoms with E-state index in [-0.39, 0.29) is 16.5 Å². The fraction of sp³-hybridized carbons (Fsp3) is 0.0625. The summed E-state index contributed by atoms with van der Waals surface area (Å²) in [6.45, 7) is 0. The number of pyridine rings is 1. The van der Waals surface area contributed by atoms with Crippen molar-refractivity contribution in [1.29, 1.82) is 0 Å². The minimum Gasteiger partial charge on any atom is -0.300 e. The number of aromatic nitrogens is 2. The van der Waals surface area contributed by atoms with Gasteiger partial charge in [0.05, 0.1) is 27.3 Å². The summed E-state index contributed by atoms with van der Waals surface area (Å²) in [7, 11) is 0. The molecule has 0 spiro atoms. The van der Waals surface area contributed by atoms with Crippen LogP contribution >= 0.6 is 11.6 Å². The SMILES string of the molecule is O=[N+]([O-])c1cn(-c2ncc(C(F)(F)F)cc2Cl)cc1-c1ccccc1. The molecule has 3 rings (SSSR count). The van der Waals surface area contributed by atoms with Crippen LogP contribution in [0, 0.1) is 10.1 Å². The van der Waals surface area contributed by atoms with E-state index >= 15 is 0 Å². The molecule has 0 saturated heterocycles. The maximum atomic E-state index is 12.7. The zero-order chi connectivity index (χ0) is 18.2. The van der Waals surface area contributed by atoms with Crippen molar-refractivity contribution in [1.82, 2.24) is 9.55 Å². The molecule has 0 aliphatic heterocycles. The lowest BCUT2D eigenvalue weighted by Gasteiger charge is -2.09. The van der Waals surface area contributed by atoms with Gasteiger partial charge in [0.25, 0.3) is 5.69 Å². The second kappa shape index (κ2) is 6.21. The van der Waals surface area contributed by atoms with Crippen LogP contribution in [0.1, 0.15) is 5.56 Å². The number of benzene rings is 1. The Bertz CT molecular complexity index is 940. The molecule has 0 bridgehead atoms. The molecule has 1 aromatic carbocycles. The van der Waals surface area contributed by atoms with Gasteiger partial charge in [0, 0.05) is 12.4 Å². The van der Waals surface area contributed by atoms with Crippen molar-refractivity contribution < 1.29 is 18.1 Å². The van der Waals surface area contributed by atoms with Crippen LogP contribution in [-0.4, -0.2) is 14.5 Å². The quantitative estimate of drug-likeness (QED) is 0.477. The Morgan fingerprint density at radius 2 is 1.84 bits per heavy atom.